The number of hydrogen-bond acceptors (Lipinski definition) is 3. The van der Waals surface area contributed by atoms with E-state index < -0.39 is 0 Å². The van der Waals surface area contributed by atoms with Crippen molar-refractivity contribution in [3.05, 3.63) is 23.9 Å². The molecular weight excluding hydrogens is 226 g/mol. The molecule has 2 rings (SSSR count). The van der Waals surface area contributed by atoms with Crippen molar-refractivity contribution >= 4 is 12.2 Å². The standard InChI is InChI=1S/C14H21N3O/c1-3-16(4-2)14-8-7-12(10-15-14)13-6-5-9-17(13)11-18/h7-8,10-11,13H,3-6,9H2,1-2H3. The van der Waals surface area contributed by atoms with Crippen LogP contribution in [0, 0.1) is 0 Å². The molecular formula is C14H21N3O. The Labute approximate surface area is 109 Å². The first-order chi connectivity index (χ1) is 8.80. The summed E-state index contributed by atoms with van der Waals surface area (Å²) in [5.41, 5.74) is 1.15. The molecule has 0 N–H and O–H groups in total. The Balaban J connectivity index is 2.14. The van der Waals surface area contributed by atoms with Gasteiger partial charge in [0, 0.05) is 25.8 Å². The van der Waals surface area contributed by atoms with Crippen LogP contribution in [0.5, 0.6) is 0 Å². The van der Waals surface area contributed by atoms with Crippen LogP contribution in [-0.4, -0.2) is 35.9 Å². The number of carbonyl (C=O) groups is 1. The molecule has 1 aliphatic rings. The van der Waals surface area contributed by atoms with Gasteiger partial charge in [-0.25, -0.2) is 4.98 Å². The zero-order chi connectivity index (χ0) is 13.0. The quantitative estimate of drug-likeness (QED) is 0.749. The number of rotatable bonds is 5. The molecule has 18 heavy (non-hydrogen) atoms. The van der Waals surface area contributed by atoms with E-state index in [0.29, 0.717) is 0 Å². The highest BCUT2D eigenvalue weighted by Crippen LogP contribution is 2.30. The molecule has 1 atom stereocenters. The summed E-state index contributed by atoms with van der Waals surface area (Å²) in [6.45, 7) is 7.06. The van der Waals surface area contributed by atoms with E-state index in [1.165, 1.54) is 0 Å². The number of aromatic nitrogens is 1. The van der Waals surface area contributed by atoms with Crippen molar-refractivity contribution in [2.75, 3.05) is 24.5 Å². The van der Waals surface area contributed by atoms with Gasteiger partial charge in [0.1, 0.15) is 5.82 Å². The van der Waals surface area contributed by atoms with Crippen LogP contribution in [0.1, 0.15) is 38.3 Å². The molecule has 98 valence electrons. The van der Waals surface area contributed by atoms with Gasteiger partial charge in [-0.2, -0.15) is 0 Å². The van der Waals surface area contributed by atoms with Crippen LogP contribution in [0.15, 0.2) is 18.3 Å². The maximum atomic E-state index is 11.0. The molecule has 0 spiro atoms. The third-order valence-electron chi connectivity index (χ3n) is 3.67. The first-order valence-electron chi connectivity index (χ1n) is 6.72. The topological polar surface area (TPSA) is 36.4 Å². The summed E-state index contributed by atoms with van der Waals surface area (Å²) in [6, 6.07) is 4.39. The summed E-state index contributed by atoms with van der Waals surface area (Å²) in [5.74, 6) is 1.01. The van der Waals surface area contributed by atoms with Gasteiger partial charge in [0.25, 0.3) is 0 Å². The van der Waals surface area contributed by atoms with Gasteiger partial charge < -0.3 is 9.80 Å². The number of carbonyl (C=O) groups excluding carboxylic acids is 1. The fourth-order valence-corrected chi connectivity index (χ4v) is 2.60. The summed E-state index contributed by atoms with van der Waals surface area (Å²) in [5, 5.41) is 0. The van der Waals surface area contributed by atoms with Crippen molar-refractivity contribution in [2.45, 2.75) is 32.7 Å². The molecule has 4 heteroatoms. The lowest BCUT2D eigenvalue weighted by atomic mass is 10.1. The first kappa shape index (κ1) is 12.9. The second-order valence-electron chi connectivity index (χ2n) is 4.62. The molecule has 4 nitrogen and oxygen atoms in total. The van der Waals surface area contributed by atoms with Gasteiger partial charge in [-0.1, -0.05) is 6.07 Å². The van der Waals surface area contributed by atoms with Crippen molar-refractivity contribution in [1.29, 1.82) is 0 Å². The van der Waals surface area contributed by atoms with Crippen molar-refractivity contribution < 1.29 is 4.79 Å². The zero-order valence-electron chi connectivity index (χ0n) is 11.2. The summed E-state index contributed by atoms with van der Waals surface area (Å²) < 4.78 is 0. The second kappa shape index (κ2) is 5.85. The van der Waals surface area contributed by atoms with E-state index >= 15 is 0 Å². The fraction of sp³-hybridized carbons (Fsp3) is 0.571. The molecule has 2 heterocycles. The van der Waals surface area contributed by atoms with Crippen LogP contribution in [0.2, 0.25) is 0 Å². The van der Waals surface area contributed by atoms with E-state index in [1.54, 1.807) is 0 Å². The molecule has 0 bridgehead atoms. The summed E-state index contributed by atoms with van der Waals surface area (Å²) in [7, 11) is 0. The third kappa shape index (κ3) is 2.47. The maximum Gasteiger partial charge on any atom is 0.210 e. The lowest BCUT2D eigenvalue weighted by Gasteiger charge is -2.22. The minimum atomic E-state index is 0.223. The normalized spacial score (nSPS) is 19.0. The second-order valence-corrected chi connectivity index (χ2v) is 4.62. The van der Waals surface area contributed by atoms with Crippen molar-refractivity contribution in [2.24, 2.45) is 0 Å². The molecule has 1 fully saturated rings. The Morgan fingerprint density at radius 3 is 2.78 bits per heavy atom. The number of nitrogens with zero attached hydrogens (tertiary/aromatic N) is 3. The minimum absolute atomic E-state index is 0.223. The summed E-state index contributed by atoms with van der Waals surface area (Å²) >= 11 is 0. The highest BCUT2D eigenvalue weighted by Gasteiger charge is 2.24. The zero-order valence-corrected chi connectivity index (χ0v) is 11.2. The molecule has 1 aromatic heterocycles. The highest BCUT2D eigenvalue weighted by molar-refractivity contribution is 5.50. The molecule has 1 saturated heterocycles. The van der Waals surface area contributed by atoms with Crippen LogP contribution in [0.25, 0.3) is 0 Å². The number of hydrogen-bond donors (Lipinski definition) is 0. The predicted molar refractivity (Wildman–Crippen MR) is 72.5 cm³/mol. The van der Waals surface area contributed by atoms with Crippen LogP contribution in [-0.2, 0) is 4.79 Å². The lowest BCUT2D eigenvalue weighted by molar-refractivity contribution is -0.118. The van der Waals surface area contributed by atoms with E-state index in [4.69, 9.17) is 0 Å². The van der Waals surface area contributed by atoms with Crippen LogP contribution >= 0.6 is 0 Å². The molecule has 0 aromatic carbocycles. The number of amides is 1. The molecule has 1 aliphatic heterocycles. The van der Waals surface area contributed by atoms with E-state index in [9.17, 15) is 4.79 Å². The molecule has 0 radical (unpaired) electrons. The average molecular weight is 247 g/mol. The fourth-order valence-electron chi connectivity index (χ4n) is 2.60. The molecule has 1 aromatic rings. The van der Waals surface area contributed by atoms with Crippen LogP contribution < -0.4 is 4.90 Å². The summed E-state index contributed by atoms with van der Waals surface area (Å²) in [4.78, 5) is 19.6. The number of likely N-dealkylation sites (tertiary alicyclic amines) is 1. The van der Waals surface area contributed by atoms with Crippen LogP contribution in [0.3, 0.4) is 0 Å². The lowest BCUT2D eigenvalue weighted by Crippen LogP contribution is -2.24. The predicted octanol–water partition coefficient (Wildman–Crippen LogP) is 2.22. The smallest absolute Gasteiger partial charge is 0.210 e. The Kier molecular flexibility index (Phi) is 4.18. The Morgan fingerprint density at radius 2 is 2.22 bits per heavy atom. The molecule has 0 saturated carbocycles. The van der Waals surface area contributed by atoms with Crippen molar-refractivity contribution in [1.82, 2.24) is 9.88 Å². The Morgan fingerprint density at radius 1 is 1.44 bits per heavy atom. The Hall–Kier alpha value is -1.58. The largest absolute Gasteiger partial charge is 0.357 e. The van der Waals surface area contributed by atoms with Crippen molar-refractivity contribution in [3.63, 3.8) is 0 Å². The molecule has 1 unspecified atom stereocenters. The Bertz CT molecular complexity index is 387. The van der Waals surface area contributed by atoms with Crippen LogP contribution in [0.4, 0.5) is 5.82 Å². The van der Waals surface area contributed by atoms with Gasteiger partial charge in [-0.3, -0.25) is 4.79 Å². The van der Waals surface area contributed by atoms with Gasteiger partial charge in [0.05, 0.1) is 6.04 Å². The van der Waals surface area contributed by atoms with E-state index in [-0.39, 0.29) is 6.04 Å². The van der Waals surface area contributed by atoms with Gasteiger partial charge in [-0.15, -0.1) is 0 Å². The average Bonchev–Trinajstić information content (AvgIpc) is 2.89. The van der Waals surface area contributed by atoms with Gasteiger partial charge in [0.2, 0.25) is 6.41 Å². The summed E-state index contributed by atoms with van der Waals surface area (Å²) in [6.07, 6.45) is 5.00. The van der Waals surface area contributed by atoms with Gasteiger partial charge in [0.15, 0.2) is 0 Å². The van der Waals surface area contributed by atoms with E-state index in [1.807, 2.05) is 11.1 Å². The monoisotopic (exact) mass is 247 g/mol. The SMILES string of the molecule is CCN(CC)c1ccc(C2CCCN2C=O)cn1. The number of pyridine rings is 1. The minimum Gasteiger partial charge on any atom is -0.357 e. The van der Waals surface area contributed by atoms with Crippen molar-refractivity contribution in [3.8, 4) is 0 Å². The number of anilines is 1. The maximum absolute atomic E-state index is 11.0. The first-order valence-corrected chi connectivity index (χ1v) is 6.72. The van der Waals surface area contributed by atoms with Gasteiger partial charge in [-0.05, 0) is 38.3 Å². The van der Waals surface area contributed by atoms with Gasteiger partial charge >= 0.3 is 0 Å². The third-order valence-corrected chi connectivity index (χ3v) is 3.67. The molecule has 0 aliphatic carbocycles. The molecule has 1 amide bonds. The highest BCUT2D eigenvalue weighted by atomic mass is 16.1. The van der Waals surface area contributed by atoms with E-state index in [2.05, 4.69) is 35.9 Å². The van der Waals surface area contributed by atoms with E-state index in [0.717, 1.165) is 50.3 Å².